The van der Waals surface area contributed by atoms with Gasteiger partial charge in [-0.1, -0.05) is 54.6 Å². The minimum atomic E-state index is -1.00. The largest absolute Gasteiger partial charge is 0.480 e. The van der Waals surface area contributed by atoms with Crippen LogP contribution in [0.5, 0.6) is 0 Å². The quantitative estimate of drug-likeness (QED) is 0.719. The zero-order valence-corrected chi connectivity index (χ0v) is 16.3. The van der Waals surface area contributed by atoms with Gasteiger partial charge in [-0.2, -0.15) is 0 Å². The minimum Gasteiger partial charge on any atom is -0.480 e. The Balaban J connectivity index is 1.28. The van der Waals surface area contributed by atoms with Gasteiger partial charge in [-0.25, -0.2) is 9.59 Å². The standard InChI is InChI=1S/C23H22N2O5/c26-21(25-13-11-20(25)22(27)28)10-5-12-24-23(29)30-14-19-17-8-3-1-6-15(17)16-7-2-4-9-18(16)19/h1-10,19-20H,11-14H2,(H,24,29)(H,27,28)/b10-5+. The van der Waals surface area contributed by atoms with Crippen LogP contribution in [0.15, 0.2) is 60.7 Å². The molecular weight excluding hydrogens is 384 g/mol. The number of alkyl carbamates (subject to hydrolysis) is 1. The summed E-state index contributed by atoms with van der Waals surface area (Å²) in [6, 6.07) is 15.4. The number of carboxylic acids is 1. The Morgan fingerprint density at radius 2 is 1.70 bits per heavy atom. The maximum absolute atomic E-state index is 12.1. The first kappa shape index (κ1) is 19.7. The lowest BCUT2D eigenvalue weighted by molar-refractivity contribution is -0.154. The Labute approximate surface area is 174 Å². The monoisotopic (exact) mass is 406 g/mol. The van der Waals surface area contributed by atoms with E-state index in [1.165, 1.54) is 17.1 Å². The SMILES string of the molecule is O=C(NC/C=C/C(=O)N1CCC1C(=O)O)OCC1c2ccccc2-c2ccccc21. The maximum atomic E-state index is 12.1. The van der Waals surface area contributed by atoms with Crippen molar-refractivity contribution in [3.63, 3.8) is 0 Å². The molecule has 2 aromatic rings. The van der Waals surface area contributed by atoms with Crippen LogP contribution >= 0.6 is 0 Å². The molecule has 1 aliphatic carbocycles. The molecule has 30 heavy (non-hydrogen) atoms. The third kappa shape index (κ3) is 3.78. The van der Waals surface area contributed by atoms with E-state index in [2.05, 4.69) is 29.6 Å². The molecule has 1 unspecified atom stereocenters. The van der Waals surface area contributed by atoms with Crippen LogP contribution in [0.4, 0.5) is 4.79 Å². The van der Waals surface area contributed by atoms with Crippen molar-refractivity contribution in [1.82, 2.24) is 10.2 Å². The van der Waals surface area contributed by atoms with Crippen LogP contribution in [0.1, 0.15) is 23.5 Å². The van der Waals surface area contributed by atoms with Gasteiger partial charge in [-0.15, -0.1) is 0 Å². The summed E-state index contributed by atoms with van der Waals surface area (Å²) in [5, 5.41) is 11.6. The summed E-state index contributed by atoms with van der Waals surface area (Å²) < 4.78 is 5.42. The van der Waals surface area contributed by atoms with Crippen molar-refractivity contribution in [1.29, 1.82) is 0 Å². The highest BCUT2D eigenvalue weighted by atomic mass is 16.5. The summed E-state index contributed by atoms with van der Waals surface area (Å²) in [4.78, 5) is 36.3. The summed E-state index contributed by atoms with van der Waals surface area (Å²) in [5.41, 5.74) is 4.60. The van der Waals surface area contributed by atoms with Crippen molar-refractivity contribution >= 4 is 18.0 Å². The van der Waals surface area contributed by atoms with E-state index in [0.717, 1.165) is 22.3 Å². The van der Waals surface area contributed by atoms with E-state index >= 15 is 0 Å². The number of aliphatic carboxylic acids is 1. The highest BCUT2D eigenvalue weighted by molar-refractivity contribution is 5.92. The first-order valence-corrected chi connectivity index (χ1v) is 9.85. The molecular formula is C23H22N2O5. The molecule has 1 fully saturated rings. The number of rotatable bonds is 6. The topological polar surface area (TPSA) is 95.9 Å². The van der Waals surface area contributed by atoms with E-state index in [4.69, 9.17) is 9.84 Å². The average molecular weight is 406 g/mol. The van der Waals surface area contributed by atoms with E-state index in [1.807, 2.05) is 24.3 Å². The Hall–Kier alpha value is -3.61. The number of nitrogens with zero attached hydrogens (tertiary/aromatic N) is 1. The highest BCUT2D eigenvalue weighted by Gasteiger charge is 2.36. The molecule has 0 aromatic heterocycles. The number of ether oxygens (including phenoxy) is 1. The van der Waals surface area contributed by atoms with Gasteiger partial charge in [0, 0.05) is 25.1 Å². The maximum Gasteiger partial charge on any atom is 0.407 e. The van der Waals surface area contributed by atoms with Crippen molar-refractivity contribution in [2.75, 3.05) is 19.7 Å². The summed E-state index contributed by atoms with van der Waals surface area (Å²) in [6.07, 6.45) is 2.66. The van der Waals surface area contributed by atoms with Gasteiger partial charge in [0.25, 0.3) is 0 Å². The molecule has 1 aliphatic heterocycles. The van der Waals surface area contributed by atoms with E-state index in [1.54, 1.807) is 0 Å². The van der Waals surface area contributed by atoms with Crippen molar-refractivity contribution < 1.29 is 24.2 Å². The zero-order valence-electron chi connectivity index (χ0n) is 16.3. The van der Waals surface area contributed by atoms with Crippen LogP contribution in [0.2, 0.25) is 0 Å². The number of carbonyl (C=O) groups is 3. The lowest BCUT2D eigenvalue weighted by Gasteiger charge is -2.37. The van der Waals surface area contributed by atoms with Gasteiger partial charge >= 0.3 is 12.1 Å². The molecule has 2 N–H and O–H groups in total. The predicted octanol–water partition coefficient (Wildman–Crippen LogP) is 2.77. The predicted molar refractivity (Wildman–Crippen MR) is 110 cm³/mol. The molecule has 0 bridgehead atoms. The lowest BCUT2D eigenvalue weighted by Crippen LogP contribution is -2.54. The molecule has 154 valence electrons. The molecule has 7 nitrogen and oxygen atoms in total. The number of amides is 2. The molecule has 0 radical (unpaired) electrons. The van der Waals surface area contributed by atoms with Gasteiger partial charge in [0.1, 0.15) is 12.6 Å². The van der Waals surface area contributed by atoms with Crippen LogP contribution in [-0.2, 0) is 14.3 Å². The normalized spacial score (nSPS) is 17.2. The van der Waals surface area contributed by atoms with Gasteiger partial charge in [0.2, 0.25) is 5.91 Å². The van der Waals surface area contributed by atoms with Crippen LogP contribution in [0.25, 0.3) is 11.1 Å². The van der Waals surface area contributed by atoms with Crippen LogP contribution in [-0.4, -0.2) is 53.7 Å². The van der Waals surface area contributed by atoms with Gasteiger partial charge in [-0.05, 0) is 28.7 Å². The first-order chi connectivity index (χ1) is 14.6. The summed E-state index contributed by atoms with van der Waals surface area (Å²) in [7, 11) is 0. The molecule has 1 saturated heterocycles. The second kappa shape index (κ2) is 8.41. The number of benzene rings is 2. The number of nitrogens with one attached hydrogen (secondary N) is 1. The van der Waals surface area contributed by atoms with Gasteiger partial charge in [-0.3, -0.25) is 4.79 Å². The van der Waals surface area contributed by atoms with Crippen LogP contribution in [0.3, 0.4) is 0 Å². The van der Waals surface area contributed by atoms with Crippen molar-refractivity contribution in [3.05, 3.63) is 71.8 Å². The fourth-order valence-electron chi connectivity index (χ4n) is 3.96. The van der Waals surface area contributed by atoms with E-state index in [9.17, 15) is 14.4 Å². The number of hydrogen-bond donors (Lipinski definition) is 2. The number of fused-ring (bicyclic) bond motifs is 3. The average Bonchev–Trinajstić information content (AvgIpc) is 3.02. The number of carbonyl (C=O) groups excluding carboxylic acids is 2. The highest BCUT2D eigenvalue weighted by Crippen LogP contribution is 2.44. The second-order valence-electron chi connectivity index (χ2n) is 7.28. The van der Waals surface area contributed by atoms with Gasteiger partial charge < -0.3 is 20.1 Å². The first-order valence-electron chi connectivity index (χ1n) is 9.85. The zero-order chi connectivity index (χ0) is 21.1. The summed E-state index contributed by atoms with van der Waals surface area (Å²) in [5.74, 6) is -1.39. The number of likely N-dealkylation sites (tertiary alicyclic amines) is 1. The molecule has 1 atom stereocenters. The van der Waals surface area contributed by atoms with Crippen LogP contribution in [0, 0.1) is 0 Å². The molecule has 7 heteroatoms. The molecule has 2 amide bonds. The minimum absolute atomic E-state index is 0.0142. The fraction of sp³-hybridized carbons (Fsp3) is 0.261. The Bertz CT molecular complexity index is 971. The van der Waals surface area contributed by atoms with Crippen molar-refractivity contribution in [2.24, 2.45) is 0 Å². The Kier molecular flexibility index (Phi) is 5.52. The summed E-state index contributed by atoms with van der Waals surface area (Å²) in [6.45, 7) is 0.768. The van der Waals surface area contributed by atoms with Crippen molar-refractivity contribution in [3.8, 4) is 11.1 Å². The number of carboxylic acid groups (broad SMARTS) is 1. The fourth-order valence-corrected chi connectivity index (χ4v) is 3.96. The molecule has 2 aromatic carbocycles. The molecule has 1 heterocycles. The van der Waals surface area contributed by atoms with E-state index in [-0.39, 0.29) is 25.0 Å². The smallest absolute Gasteiger partial charge is 0.407 e. The molecule has 4 rings (SSSR count). The number of hydrogen-bond acceptors (Lipinski definition) is 4. The van der Waals surface area contributed by atoms with Crippen molar-refractivity contribution in [2.45, 2.75) is 18.4 Å². The lowest BCUT2D eigenvalue weighted by atomic mass is 9.98. The molecule has 0 spiro atoms. The van der Waals surface area contributed by atoms with Gasteiger partial charge in [0.15, 0.2) is 0 Å². The Morgan fingerprint density at radius 1 is 1.07 bits per heavy atom. The third-order valence-electron chi connectivity index (χ3n) is 5.56. The second-order valence-corrected chi connectivity index (χ2v) is 7.28. The third-order valence-corrected chi connectivity index (χ3v) is 5.56. The van der Waals surface area contributed by atoms with E-state index < -0.39 is 18.1 Å². The molecule has 0 saturated carbocycles. The molecule has 2 aliphatic rings. The summed E-state index contributed by atoms with van der Waals surface area (Å²) >= 11 is 0. The van der Waals surface area contributed by atoms with Crippen LogP contribution < -0.4 is 5.32 Å². The van der Waals surface area contributed by atoms with E-state index in [0.29, 0.717) is 13.0 Å². The van der Waals surface area contributed by atoms with Gasteiger partial charge in [0.05, 0.1) is 0 Å². The Morgan fingerprint density at radius 3 is 2.27 bits per heavy atom.